The van der Waals surface area contributed by atoms with Gasteiger partial charge in [-0.05, 0) is 48.7 Å². The van der Waals surface area contributed by atoms with Crippen LogP contribution in [0.4, 0.5) is 18.9 Å². The van der Waals surface area contributed by atoms with Gasteiger partial charge in [0.1, 0.15) is 6.61 Å². The lowest BCUT2D eigenvalue weighted by Crippen LogP contribution is -2.35. The molecule has 2 rings (SSSR count). The molecule has 0 saturated carbocycles. The maximum atomic E-state index is 12.5. The van der Waals surface area contributed by atoms with E-state index in [-0.39, 0.29) is 25.0 Å². The molecule has 2 aromatic carbocycles. The predicted molar refractivity (Wildman–Crippen MR) is 104 cm³/mol. The quantitative estimate of drug-likeness (QED) is 0.751. The Hall–Kier alpha value is -2.87. The molecular weight excluding hydrogens is 385 g/mol. The molecule has 0 radical (unpaired) electrons. The second kappa shape index (κ2) is 9.56. The van der Waals surface area contributed by atoms with Crippen molar-refractivity contribution in [3.8, 4) is 0 Å². The third kappa shape index (κ3) is 7.23. The Morgan fingerprint density at radius 2 is 1.72 bits per heavy atom. The van der Waals surface area contributed by atoms with Crippen LogP contribution < -0.4 is 5.32 Å². The molecule has 0 aliphatic heterocycles. The number of nitrogens with one attached hydrogen (secondary N) is 1. The number of hydrogen-bond donors (Lipinski definition) is 1. The topological polar surface area (TPSA) is 58.6 Å². The van der Waals surface area contributed by atoms with Gasteiger partial charge in [-0.2, -0.15) is 13.2 Å². The summed E-state index contributed by atoms with van der Waals surface area (Å²) in [6.45, 7) is 2.13. The lowest BCUT2D eigenvalue weighted by molar-refractivity contribution is -0.176. The molecular formula is C21H23F3N2O3. The van der Waals surface area contributed by atoms with Crippen molar-refractivity contribution in [1.29, 1.82) is 0 Å². The average Bonchev–Trinajstić information content (AvgIpc) is 2.63. The van der Waals surface area contributed by atoms with Gasteiger partial charge >= 0.3 is 6.18 Å². The Morgan fingerprint density at radius 1 is 1.07 bits per heavy atom. The number of alkyl halides is 3. The number of carbonyl (C=O) groups is 2. The van der Waals surface area contributed by atoms with Crippen molar-refractivity contribution in [3.05, 3.63) is 64.7 Å². The van der Waals surface area contributed by atoms with Crippen LogP contribution in [0.1, 0.15) is 27.0 Å². The maximum absolute atomic E-state index is 12.5. The molecule has 0 spiro atoms. The number of aryl methyl sites for hydroxylation is 2. The number of anilines is 1. The lowest BCUT2D eigenvalue weighted by atomic mass is 10.1. The molecule has 0 aliphatic rings. The molecule has 0 heterocycles. The van der Waals surface area contributed by atoms with Crippen LogP contribution in [-0.4, -0.2) is 43.1 Å². The molecule has 0 aromatic heterocycles. The molecule has 0 fully saturated rings. The summed E-state index contributed by atoms with van der Waals surface area (Å²) >= 11 is 0. The van der Waals surface area contributed by atoms with Gasteiger partial charge in [-0.15, -0.1) is 0 Å². The number of rotatable bonds is 7. The van der Waals surface area contributed by atoms with Crippen molar-refractivity contribution < 1.29 is 27.5 Å². The molecule has 5 nitrogen and oxygen atoms in total. The first kappa shape index (κ1) is 22.4. The highest BCUT2D eigenvalue weighted by Crippen LogP contribution is 2.17. The van der Waals surface area contributed by atoms with Crippen molar-refractivity contribution in [2.75, 3.05) is 25.5 Å². The maximum Gasteiger partial charge on any atom is 0.411 e. The predicted octanol–water partition coefficient (Wildman–Crippen LogP) is 4.09. The minimum Gasteiger partial charge on any atom is -0.367 e. The Morgan fingerprint density at radius 3 is 2.34 bits per heavy atom. The number of amides is 2. The van der Waals surface area contributed by atoms with E-state index in [0.717, 1.165) is 11.1 Å². The fourth-order valence-electron chi connectivity index (χ4n) is 2.60. The fraction of sp³-hybridized carbons (Fsp3) is 0.333. The standard InChI is InChI=1S/C21H23F3N2O3/c1-14-4-5-15(2)18(10-14)25-19(27)11-26(3)20(28)17-8-6-16(7-9-17)12-29-13-21(22,23)24/h4-10H,11-13H2,1-3H3,(H,25,27). The van der Waals surface area contributed by atoms with Crippen molar-refractivity contribution in [3.63, 3.8) is 0 Å². The largest absolute Gasteiger partial charge is 0.411 e. The summed E-state index contributed by atoms with van der Waals surface area (Å²) in [7, 11) is 1.51. The highest BCUT2D eigenvalue weighted by atomic mass is 19.4. The van der Waals surface area contributed by atoms with E-state index in [9.17, 15) is 22.8 Å². The summed E-state index contributed by atoms with van der Waals surface area (Å²) in [5.41, 5.74) is 3.46. The first-order valence-corrected chi connectivity index (χ1v) is 8.91. The number of hydrogen-bond acceptors (Lipinski definition) is 3. The van der Waals surface area contributed by atoms with Crippen molar-refractivity contribution in [2.24, 2.45) is 0 Å². The molecule has 29 heavy (non-hydrogen) atoms. The summed E-state index contributed by atoms with van der Waals surface area (Å²) in [6.07, 6.45) is -4.38. The number of halogens is 3. The Bertz CT molecular complexity index is 864. The van der Waals surface area contributed by atoms with E-state index in [1.165, 1.54) is 36.2 Å². The van der Waals surface area contributed by atoms with Crippen LogP contribution in [0.25, 0.3) is 0 Å². The Balaban J connectivity index is 1.90. The second-order valence-electron chi connectivity index (χ2n) is 6.83. The van der Waals surface area contributed by atoms with Gasteiger partial charge in [-0.1, -0.05) is 24.3 Å². The zero-order valence-electron chi connectivity index (χ0n) is 16.5. The van der Waals surface area contributed by atoms with E-state index in [1.54, 1.807) is 0 Å². The minimum absolute atomic E-state index is 0.136. The number of ether oxygens (including phenoxy) is 1. The Labute approximate surface area is 167 Å². The van der Waals surface area contributed by atoms with Gasteiger partial charge in [0.15, 0.2) is 0 Å². The summed E-state index contributed by atoms with van der Waals surface area (Å²) in [5.74, 6) is -0.699. The fourth-order valence-corrected chi connectivity index (χ4v) is 2.60. The van der Waals surface area contributed by atoms with Crippen molar-refractivity contribution in [1.82, 2.24) is 4.90 Å². The van der Waals surface area contributed by atoms with Crippen LogP contribution in [0.2, 0.25) is 0 Å². The number of benzene rings is 2. The zero-order chi connectivity index (χ0) is 21.6. The molecule has 156 valence electrons. The van der Waals surface area contributed by atoms with Gasteiger partial charge in [0.25, 0.3) is 5.91 Å². The zero-order valence-corrected chi connectivity index (χ0v) is 16.5. The molecule has 2 amide bonds. The molecule has 0 bridgehead atoms. The van der Waals surface area contributed by atoms with Crippen LogP contribution >= 0.6 is 0 Å². The van der Waals surface area contributed by atoms with Gasteiger partial charge in [0.2, 0.25) is 5.91 Å². The molecule has 0 aliphatic carbocycles. The number of likely N-dealkylation sites (N-methyl/N-ethyl adjacent to an activating group) is 1. The van der Waals surface area contributed by atoms with Crippen molar-refractivity contribution in [2.45, 2.75) is 26.6 Å². The van der Waals surface area contributed by atoms with E-state index in [0.29, 0.717) is 16.8 Å². The van der Waals surface area contributed by atoms with Crippen LogP contribution in [-0.2, 0) is 16.1 Å². The van der Waals surface area contributed by atoms with Gasteiger partial charge in [0, 0.05) is 18.3 Å². The normalized spacial score (nSPS) is 11.2. The Kier molecular flexibility index (Phi) is 7.39. The van der Waals surface area contributed by atoms with E-state index in [4.69, 9.17) is 0 Å². The third-order valence-corrected chi connectivity index (χ3v) is 4.13. The first-order valence-electron chi connectivity index (χ1n) is 8.91. The van der Waals surface area contributed by atoms with Gasteiger partial charge in [0.05, 0.1) is 13.2 Å². The molecule has 8 heteroatoms. The molecule has 1 N–H and O–H groups in total. The van der Waals surface area contributed by atoms with E-state index in [1.807, 2.05) is 32.0 Å². The average molecular weight is 408 g/mol. The minimum atomic E-state index is -4.38. The molecule has 0 saturated heterocycles. The van der Waals surface area contributed by atoms with Gasteiger partial charge in [-0.25, -0.2) is 0 Å². The third-order valence-electron chi connectivity index (χ3n) is 4.13. The van der Waals surface area contributed by atoms with Crippen LogP contribution in [0.5, 0.6) is 0 Å². The van der Waals surface area contributed by atoms with Gasteiger partial charge < -0.3 is 15.0 Å². The SMILES string of the molecule is Cc1ccc(C)c(NC(=O)CN(C)C(=O)c2ccc(COCC(F)(F)F)cc2)c1. The summed E-state index contributed by atoms with van der Waals surface area (Å²) in [5, 5.41) is 2.79. The summed E-state index contributed by atoms with van der Waals surface area (Å²) in [4.78, 5) is 26.0. The molecule has 0 atom stereocenters. The van der Waals surface area contributed by atoms with E-state index in [2.05, 4.69) is 10.1 Å². The van der Waals surface area contributed by atoms with Crippen LogP contribution in [0.15, 0.2) is 42.5 Å². The van der Waals surface area contributed by atoms with E-state index < -0.39 is 12.8 Å². The smallest absolute Gasteiger partial charge is 0.367 e. The highest BCUT2D eigenvalue weighted by molar-refractivity contribution is 5.99. The number of carbonyl (C=O) groups excluding carboxylic acids is 2. The summed E-state index contributed by atoms with van der Waals surface area (Å²) in [6, 6.07) is 11.7. The van der Waals surface area contributed by atoms with Crippen molar-refractivity contribution >= 4 is 17.5 Å². The van der Waals surface area contributed by atoms with E-state index >= 15 is 0 Å². The van der Waals surface area contributed by atoms with Gasteiger partial charge in [-0.3, -0.25) is 9.59 Å². The number of nitrogens with zero attached hydrogens (tertiary/aromatic N) is 1. The lowest BCUT2D eigenvalue weighted by Gasteiger charge is -2.18. The van der Waals surface area contributed by atoms with Crippen LogP contribution in [0.3, 0.4) is 0 Å². The molecule has 2 aromatic rings. The first-order chi connectivity index (χ1) is 13.5. The second-order valence-corrected chi connectivity index (χ2v) is 6.83. The summed E-state index contributed by atoms with van der Waals surface area (Å²) < 4.78 is 40.9. The monoisotopic (exact) mass is 408 g/mol. The highest BCUT2D eigenvalue weighted by Gasteiger charge is 2.27. The van der Waals surface area contributed by atoms with Crippen LogP contribution in [0, 0.1) is 13.8 Å². The molecule has 0 unspecified atom stereocenters.